The zero-order valence-corrected chi connectivity index (χ0v) is 9.44. The summed E-state index contributed by atoms with van der Waals surface area (Å²) in [6.45, 7) is 2.05. The number of carbonyl (C=O) groups excluding carboxylic acids is 1. The van der Waals surface area contributed by atoms with Gasteiger partial charge in [0.25, 0.3) is 5.91 Å². The van der Waals surface area contributed by atoms with Crippen molar-refractivity contribution in [3.63, 3.8) is 0 Å². The summed E-state index contributed by atoms with van der Waals surface area (Å²) in [5.74, 6) is 0.497. The molecule has 1 aromatic heterocycles. The second-order valence-electron chi connectivity index (χ2n) is 4.43. The summed E-state index contributed by atoms with van der Waals surface area (Å²) >= 11 is 0. The third-order valence-corrected chi connectivity index (χ3v) is 3.23. The third-order valence-electron chi connectivity index (χ3n) is 3.23. The molecule has 0 aromatic carbocycles. The van der Waals surface area contributed by atoms with E-state index < -0.39 is 0 Å². The number of nitrogens with one attached hydrogen (secondary N) is 1. The van der Waals surface area contributed by atoms with Crippen LogP contribution in [0.1, 0.15) is 36.7 Å². The van der Waals surface area contributed by atoms with Crippen LogP contribution in [0.3, 0.4) is 0 Å². The van der Waals surface area contributed by atoms with Gasteiger partial charge in [-0.1, -0.05) is 6.42 Å². The molecule has 1 heterocycles. The maximum atomic E-state index is 11.8. The van der Waals surface area contributed by atoms with Gasteiger partial charge in [0.15, 0.2) is 0 Å². The molecule has 0 spiro atoms. The zero-order valence-electron chi connectivity index (χ0n) is 9.44. The molecule has 1 unspecified atom stereocenters. The lowest BCUT2D eigenvalue weighted by Crippen LogP contribution is -2.40. The van der Waals surface area contributed by atoms with Crippen LogP contribution in [0.4, 0.5) is 5.69 Å². The standard InChI is InChI=1S/C12H17N3O/c1-8(9-3-2-4-9)15-12(16)11-7-10(13)5-6-14-11/h5-9H,2-4H2,1H3,(H2,13,14)(H,15,16). The van der Waals surface area contributed by atoms with Gasteiger partial charge in [0.05, 0.1) is 0 Å². The molecule has 1 atom stereocenters. The van der Waals surface area contributed by atoms with Gasteiger partial charge in [-0.15, -0.1) is 0 Å². The van der Waals surface area contributed by atoms with Crippen molar-refractivity contribution in [2.75, 3.05) is 5.73 Å². The number of anilines is 1. The van der Waals surface area contributed by atoms with Crippen molar-refractivity contribution in [3.05, 3.63) is 24.0 Å². The summed E-state index contributed by atoms with van der Waals surface area (Å²) in [4.78, 5) is 15.8. The van der Waals surface area contributed by atoms with Crippen LogP contribution in [0, 0.1) is 5.92 Å². The van der Waals surface area contributed by atoms with Gasteiger partial charge < -0.3 is 11.1 Å². The van der Waals surface area contributed by atoms with E-state index in [9.17, 15) is 4.79 Å². The Hall–Kier alpha value is -1.58. The lowest BCUT2D eigenvalue weighted by Gasteiger charge is -2.31. The van der Waals surface area contributed by atoms with Crippen LogP contribution < -0.4 is 11.1 Å². The average molecular weight is 219 g/mol. The van der Waals surface area contributed by atoms with Crippen molar-refractivity contribution in [1.29, 1.82) is 0 Å². The van der Waals surface area contributed by atoms with Crippen molar-refractivity contribution in [2.24, 2.45) is 5.92 Å². The van der Waals surface area contributed by atoms with Crippen LogP contribution >= 0.6 is 0 Å². The van der Waals surface area contributed by atoms with Gasteiger partial charge in [-0.3, -0.25) is 9.78 Å². The number of nitrogen functional groups attached to an aromatic ring is 1. The molecule has 0 radical (unpaired) electrons. The minimum Gasteiger partial charge on any atom is -0.399 e. The van der Waals surface area contributed by atoms with Crippen molar-refractivity contribution in [2.45, 2.75) is 32.2 Å². The smallest absolute Gasteiger partial charge is 0.270 e. The highest BCUT2D eigenvalue weighted by atomic mass is 16.1. The molecule has 0 aliphatic heterocycles. The zero-order chi connectivity index (χ0) is 11.5. The van der Waals surface area contributed by atoms with E-state index in [1.807, 2.05) is 6.92 Å². The van der Waals surface area contributed by atoms with Crippen LogP contribution in [0.2, 0.25) is 0 Å². The van der Waals surface area contributed by atoms with Gasteiger partial charge in [-0.05, 0) is 37.8 Å². The predicted molar refractivity (Wildman–Crippen MR) is 62.9 cm³/mol. The number of hydrogen-bond donors (Lipinski definition) is 2. The summed E-state index contributed by atoms with van der Waals surface area (Å²) in [5.41, 5.74) is 6.57. The van der Waals surface area contributed by atoms with Gasteiger partial charge in [0, 0.05) is 17.9 Å². The fraction of sp³-hybridized carbons (Fsp3) is 0.500. The van der Waals surface area contributed by atoms with E-state index in [0.29, 0.717) is 17.3 Å². The van der Waals surface area contributed by atoms with Crippen molar-refractivity contribution in [1.82, 2.24) is 10.3 Å². The van der Waals surface area contributed by atoms with E-state index in [1.54, 1.807) is 18.3 Å². The first-order valence-corrected chi connectivity index (χ1v) is 5.69. The largest absolute Gasteiger partial charge is 0.399 e. The summed E-state index contributed by atoms with van der Waals surface area (Å²) in [6, 6.07) is 3.50. The summed E-state index contributed by atoms with van der Waals surface area (Å²) < 4.78 is 0. The summed E-state index contributed by atoms with van der Waals surface area (Å²) in [5, 5.41) is 2.97. The van der Waals surface area contributed by atoms with E-state index in [2.05, 4.69) is 10.3 Å². The lowest BCUT2D eigenvalue weighted by atomic mass is 9.80. The van der Waals surface area contributed by atoms with E-state index in [0.717, 1.165) is 0 Å². The molecule has 0 bridgehead atoms. The highest BCUT2D eigenvalue weighted by molar-refractivity contribution is 5.93. The van der Waals surface area contributed by atoms with Crippen LogP contribution in [0.25, 0.3) is 0 Å². The molecule has 86 valence electrons. The van der Waals surface area contributed by atoms with Gasteiger partial charge >= 0.3 is 0 Å². The highest BCUT2D eigenvalue weighted by Crippen LogP contribution is 2.29. The molecule has 1 aromatic rings. The maximum absolute atomic E-state index is 11.8. The summed E-state index contributed by atoms with van der Waals surface area (Å²) in [6.07, 6.45) is 5.26. The minimum absolute atomic E-state index is 0.133. The number of aromatic nitrogens is 1. The SMILES string of the molecule is CC(NC(=O)c1cc(N)ccn1)C1CCC1. The normalized spacial score (nSPS) is 17.6. The molecular weight excluding hydrogens is 202 g/mol. The molecule has 16 heavy (non-hydrogen) atoms. The van der Waals surface area contributed by atoms with Crippen LogP contribution in [0.15, 0.2) is 18.3 Å². The number of amides is 1. The minimum atomic E-state index is -0.133. The quantitative estimate of drug-likeness (QED) is 0.811. The molecule has 1 saturated carbocycles. The van der Waals surface area contributed by atoms with Gasteiger partial charge in [-0.2, -0.15) is 0 Å². The molecule has 1 aliphatic carbocycles. The molecule has 1 fully saturated rings. The Kier molecular flexibility index (Phi) is 3.08. The van der Waals surface area contributed by atoms with E-state index >= 15 is 0 Å². The van der Waals surface area contributed by atoms with Crippen LogP contribution in [-0.2, 0) is 0 Å². The molecule has 4 heteroatoms. The number of rotatable bonds is 3. The van der Waals surface area contributed by atoms with Crippen LogP contribution in [0.5, 0.6) is 0 Å². The maximum Gasteiger partial charge on any atom is 0.270 e. The second-order valence-corrected chi connectivity index (χ2v) is 4.43. The lowest BCUT2D eigenvalue weighted by molar-refractivity contribution is 0.0904. The van der Waals surface area contributed by atoms with E-state index in [4.69, 9.17) is 5.73 Å². The topological polar surface area (TPSA) is 68.0 Å². The molecule has 1 aliphatic rings. The van der Waals surface area contributed by atoms with Crippen molar-refractivity contribution < 1.29 is 4.79 Å². The predicted octanol–water partition coefficient (Wildman–Crippen LogP) is 1.58. The van der Waals surface area contributed by atoms with Crippen LogP contribution in [-0.4, -0.2) is 16.9 Å². The molecular formula is C12H17N3O. The number of carbonyl (C=O) groups is 1. The molecule has 3 N–H and O–H groups in total. The molecule has 2 rings (SSSR count). The first kappa shape index (κ1) is 10.9. The number of nitrogens with zero attached hydrogens (tertiary/aromatic N) is 1. The first-order valence-electron chi connectivity index (χ1n) is 5.69. The Labute approximate surface area is 95.3 Å². The molecule has 0 saturated heterocycles. The Morgan fingerprint density at radius 2 is 2.38 bits per heavy atom. The fourth-order valence-corrected chi connectivity index (χ4v) is 1.91. The number of pyridine rings is 1. The number of hydrogen-bond acceptors (Lipinski definition) is 3. The highest BCUT2D eigenvalue weighted by Gasteiger charge is 2.25. The van der Waals surface area contributed by atoms with Gasteiger partial charge in [0.1, 0.15) is 5.69 Å². The second kappa shape index (κ2) is 4.51. The van der Waals surface area contributed by atoms with E-state index in [1.165, 1.54) is 19.3 Å². The molecule has 4 nitrogen and oxygen atoms in total. The fourth-order valence-electron chi connectivity index (χ4n) is 1.91. The summed E-state index contributed by atoms with van der Waals surface area (Å²) in [7, 11) is 0. The van der Waals surface area contributed by atoms with E-state index in [-0.39, 0.29) is 11.9 Å². The Bertz CT molecular complexity index is 388. The van der Waals surface area contributed by atoms with Gasteiger partial charge in [-0.25, -0.2) is 0 Å². The number of nitrogens with two attached hydrogens (primary N) is 1. The first-order chi connectivity index (χ1) is 7.66. The third kappa shape index (κ3) is 2.32. The Morgan fingerprint density at radius 3 is 2.94 bits per heavy atom. The molecule has 1 amide bonds. The van der Waals surface area contributed by atoms with Crippen molar-refractivity contribution in [3.8, 4) is 0 Å². The van der Waals surface area contributed by atoms with Gasteiger partial charge in [0.2, 0.25) is 0 Å². The Balaban J connectivity index is 1.96. The Morgan fingerprint density at radius 1 is 1.62 bits per heavy atom. The average Bonchev–Trinajstić information content (AvgIpc) is 2.14. The van der Waals surface area contributed by atoms with Crippen molar-refractivity contribution >= 4 is 11.6 Å². The monoisotopic (exact) mass is 219 g/mol.